The summed E-state index contributed by atoms with van der Waals surface area (Å²) in [7, 11) is 0. The molecule has 4 nitrogen and oxygen atoms in total. The number of carbonyl (C=O) groups is 1. The van der Waals surface area contributed by atoms with E-state index in [1.165, 1.54) is 32.1 Å². The van der Waals surface area contributed by atoms with Crippen molar-refractivity contribution >= 4 is 5.91 Å². The van der Waals surface area contributed by atoms with E-state index in [1.54, 1.807) is 0 Å². The molecule has 0 unspecified atom stereocenters. The molecule has 104 valence electrons. The quantitative estimate of drug-likeness (QED) is 0.737. The van der Waals surface area contributed by atoms with Gasteiger partial charge < -0.3 is 14.8 Å². The van der Waals surface area contributed by atoms with Crippen LogP contribution in [0, 0.1) is 5.92 Å². The number of rotatable bonds is 6. The summed E-state index contributed by atoms with van der Waals surface area (Å²) in [5.74, 6) is 0.217. The topological polar surface area (TPSA) is 47.6 Å². The van der Waals surface area contributed by atoms with Crippen LogP contribution in [0.5, 0.6) is 0 Å². The van der Waals surface area contributed by atoms with Crippen LogP contribution in [0.2, 0.25) is 0 Å². The lowest BCUT2D eigenvalue weighted by atomic mass is 9.98. The second-order valence-corrected chi connectivity index (χ2v) is 5.34. The third kappa shape index (κ3) is 4.58. The molecule has 0 aromatic heterocycles. The molecule has 1 aliphatic carbocycles. The Morgan fingerprint density at radius 3 is 2.78 bits per heavy atom. The minimum absolute atomic E-state index is 0.0734. The summed E-state index contributed by atoms with van der Waals surface area (Å²) < 4.78 is 11.0. The van der Waals surface area contributed by atoms with Crippen LogP contribution in [0.25, 0.3) is 0 Å². The van der Waals surface area contributed by atoms with Gasteiger partial charge in [-0.05, 0) is 25.7 Å². The van der Waals surface area contributed by atoms with E-state index in [0.29, 0.717) is 12.7 Å². The van der Waals surface area contributed by atoms with Gasteiger partial charge in [0.2, 0.25) is 5.91 Å². The number of carbonyl (C=O) groups excluding carboxylic acids is 1. The third-order valence-electron chi connectivity index (χ3n) is 3.83. The maximum absolute atomic E-state index is 11.7. The molecule has 2 fully saturated rings. The zero-order valence-electron chi connectivity index (χ0n) is 11.2. The Hall–Kier alpha value is -0.610. The van der Waals surface area contributed by atoms with Gasteiger partial charge in [-0.1, -0.05) is 19.3 Å². The standard InChI is InChI=1S/C14H25NO3/c16-14(12-7-10-17-11-12)15-8-4-9-18-13-5-2-1-3-6-13/h12-13H,1-11H2,(H,15,16)/t12-/m1/s1. The lowest BCUT2D eigenvalue weighted by Gasteiger charge is -2.22. The molecule has 1 heterocycles. The highest BCUT2D eigenvalue weighted by molar-refractivity contribution is 5.78. The summed E-state index contributed by atoms with van der Waals surface area (Å²) >= 11 is 0. The first-order valence-corrected chi connectivity index (χ1v) is 7.33. The first-order valence-electron chi connectivity index (χ1n) is 7.33. The van der Waals surface area contributed by atoms with E-state index in [0.717, 1.165) is 32.6 Å². The highest BCUT2D eigenvalue weighted by Gasteiger charge is 2.22. The van der Waals surface area contributed by atoms with Crippen molar-refractivity contribution in [2.24, 2.45) is 5.92 Å². The van der Waals surface area contributed by atoms with Gasteiger partial charge in [0, 0.05) is 19.8 Å². The fraction of sp³-hybridized carbons (Fsp3) is 0.929. The number of hydrogen-bond acceptors (Lipinski definition) is 3. The second-order valence-electron chi connectivity index (χ2n) is 5.34. The average Bonchev–Trinajstić information content (AvgIpc) is 2.93. The SMILES string of the molecule is O=C(NCCCOC1CCCCC1)[C@@H]1CCOC1. The van der Waals surface area contributed by atoms with Crippen LogP contribution in [0.15, 0.2) is 0 Å². The van der Waals surface area contributed by atoms with Crippen molar-refractivity contribution in [3.05, 3.63) is 0 Å². The minimum Gasteiger partial charge on any atom is -0.381 e. The van der Waals surface area contributed by atoms with Crippen LogP contribution in [0.4, 0.5) is 0 Å². The van der Waals surface area contributed by atoms with Gasteiger partial charge in [0.05, 0.1) is 18.6 Å². The first-order chi connectivity index (χ1) is 8.86. The van der Waals surface area contributed by atoms with Crippen molar-refractivity contribution in [3.63, 3.8) is 0 Å². The van der Waals surface area contributed by atoms with E-state index < -0.39 is 0 Å². The summed E-state index contributed by atoms with van der Waals surface area (Å²) in [6.07, 6.45) is 8.65. The predicted molar refractivity (Wildman–Crippen MR) is 69.4 cm³/mol. The molecule has 0 spiro atoms. The van der Waals surface area contributed by atoms with Crippen LogP contribution in [0.1, 0.15) is 44.9 Å². The molecule has 18 heavy (non-hydrogen) atoms. The van der Waals surface area contributed by atoms with E-state index in [1.807, 2.05) is 0 Å². The van der Waals surface area contributed by atoms with Gasteiger partial charge in [0.15, 0.2) is 0 Å². The molecule has 1 aliphatic heterocycles. The highest BCUT2D eigenvalue weighted by Crippen LogP contribution is 2.20. The normalized spacial score (nSPS) is 25.2. The molecule has 0 aromatic carbocycles. The fourth-order valence-electron chi connectivity index (χ4n) is 2.65. The van der Waals surface area contributed by atoms with Crippen molar-refractivity contribution in [2.45, 2.75) is 51.0 Å². The zero-order chi connectivity index (χ0) is 12.6. The first kappa shape index (κ1) is 13.8. The molecule has 2 rings (SSSR count). The van der Waals surface area contributed by atoms with Crippen molar-refractivity contribution < 1.29 is 14.3 Å². The summed E-state index contributed by atoms with van der Waals surface area (Å²) in [5.41, 5.74) is 0. The lowest BCUT2D eigenvalue weighted by Crippen LogP contribution is -2.32. The molecule has 0 bridgehead atoms. The number of amides is 1. The fourth-order valence-corrected chi connectivity index (χ4v) is 2.65. The van der Waals surface area contributed by atoms with Gasteiger partial charge in [-0.2, -0.15) is 0 Å². The summed E-state index contributed by atoms with van der Waals surface area (Å²) in [5, 5.41) is 2.96. The molecular formula is C14H25NO3. The lowest BCUT2D eigenvalue weighted by molar-refractivity contribution is -0.125. The molecule has 0 radical (unpaired) electrons. The monoisotopic (exact) mass is 255 g/mol. The van der Waals surface area contributed by atoms with Gasteiger partial charge in [-0.15, -0.1) is 0 Å². The second kappa shape index (κ2) is 7.74. The van der Waals surface area contributed by atoms with E-state index >= 15 is 0 Å². The molecule has 1 amide bonds. The Morgan fingerprint density at radius 1 is 1.22 bits per heavy atom. The van der Waals surface area contributed by atoms with Crippen molar-refractivity contribution in [3.8, 4) is 0 Å². The van der Waals surface area contributed by atoms with Gasteiger partial charge in [-0.25, -0.2) is 0 Å². The predicted octanol–water partition coefficient (Wildman–Crippen LogP) is 1.88. The molecule has 0 aromatic rings. The van der Waals surface area contributed by atoms with Crippen LogP contribution < -0.4 is 5.32 Å². The molecule has 2 aliphatic rings. The molecular weight excluding hydrogens is 230 g/mol. The van der Waals surface area contributed by atoms with Gasteiger partial charge in [0.25, 0.3) is 0 Å². The van der Waals surface area contributed by atoms with Crippen LogP contribution >= 0.6 is 0 Å². The van der Waals surface area contributed by atoms with Crippen molar-refractivity contribution in [1.29, 1.82) is 0 Å². The van der Waals surface area contributed by atoms with Gasteiger partial charge >= 0.3 is 0 Å². The van der Waals surface area contributed by atoms with E-state index in [2.05, 4.69) is 5.32 Å². The Labute approximate surface area is 109 Å². The number of nitrogens with one attached hydrogen (secondary N) is 1. The molecule has 1 atom stereocenters. The smallest absolute Gasteiger partial charge is 0.225 e. The van der Waals surface area contributed by atoms with Crippen LogP contribution in [0.3, 0.4) is 0 Å². The highest BCUT2D eigenvalue weighted by atomic mass is 16.5. The maximum atomic E-state index is 11.7. The Kier molecular flexibility index (Phi) is 5.94. The molecule has 1 N–H and O–H groups in total. The van der Waals surface area contributed by atoms with Crippen molar-refractivity contribution in [1.82, 2.24) is 5.32 Å². The Morgan fingerprint density at radius 2 is 2.06 bits per heavy atom. The molecule has 1 saturated heterocycles. The van der Waals surface area contributed by atoms with Crippen LogP contribution in [-0.2, 0) is 14.3 Å². The van der Waals surface area contributed by atoms with Gasteiger partial charge in [0.1, 0.15) is 0 Å². The number of hydrogen-bond donors (Lipinski definition) is 1. The largest absolute Gasteiger partial charge is 0.381 e. The zero-order valence-corrected chi connectivity index (χ0v) is 11.2. The van der Waals surface area contributed by atoms with Gasteiger partial charge in [-0.3, -0.25) is 4.79 Å². The molecule has 4 heteroatoms. The summed E-state index contributed by atoms with van der Waals surface area (Å²) in [4.78, 5) is 11.7. The van der Waals surface area contributed by atoms with Crippen molar-refractivity contribution in [2.75, 3.05) is 26.4 Å². The van der Waals surface area contributed by atoms with E-state index in [4.69, 9.17) is 9.47 Å². The summed E-state index contributed by atoms with van der Waals surface area (Å²) in [6.45, 7) is 2.81. The van der Waals surface area contributed by atoms with E-state index in [9.17, 15) is 4.79 Å². The third-order valence-corrected chi connectivity index (χ3v) is 3.83. The van der Waals surface area contributed by atoms with E-state index in [-0.39, 0.29) is 11.8 Å². The Bertz CT molecular complexity index is 245. The minimum atomic E-state index is 0.0734. The average molecular weight is 255 g/mol. The maximum Gasteiger partial charge on any atom is 0.225 e. The summed E-state index contributed by atoms with van der Waals surface area (Å²) in [6, 6.07) is 0. The number of ether oxygens (including phenoxy) is 2. The molecule has 1 saturated carbocycles. The van der Waals surface area contributed by atoms with Crippen LogP contribution in [-0.4, -0.2) is 38.4 Å². The Balaban J connectivity index is 1.46.